The van der Waals surface area contributed by atoms with Crippen molar-refractivity contribution in [2.24, 2.45) is 0 Å². The molecule has 7 nitrogen and oxygen atoms in total. The number of anilines is 2. The van der Waals surface area contributed by atoms with Gasteiger partial charge < -0.3 is 15.5 Å². The van der Waals surface area contributed by atoms with Gasteiger partial charge in [-0.3, -0.25) is 9.69 Å². The van der Waals surface area contributed by atoms with Crippen molar-refractivity contribution in [2.45, 2.75) is 26.3 Å². The van der Waals surface area contributed by atoms with Crippen LogP contribution in [-0.2, 0) is 6.54 Å². The van der Waals surface area contributed by atoms with Crippen molar-refractivity contribution in [3.05, 3.63) is 53.2 Å². The van der Waals surface area contributed by atoms with E-state index in [-0.39, 0.29) is 11.9 Å². The Morgan fingerprint density at radius 1 is 1.18 bits per heavy atom. The first-order chi connectivity index (χ1) is 13.6. The number of rotatable bonds is 5. The molecule has 3 amide bonds. The van der Waals surface area contributed by atoms with E-state index in [1.54, 1.807) is 11.0 Å². The molecule has 2 aliphatic rings. The maximum Gasteiger partial charge on any atom is 0.322 e. The summed E-state index contributed by atoms with van der Waals surface area (Å²) in [5, 5.41) is 5.74. The molecule has 2 N–H and O–H groups in total. The molecule has 146 valence electrons. The lowest BCUT2D eigenvalue weighted by atomic mass is 10.1. The first kappa shape index (κ1) is 18.3. The summed E-state index contributed by atoms with van der Waals surface area (Å²) in [4.78, 5) is 32.9. The number of aromatic nitrogens is 1. The Balaban J connectivity index is 1.37. The van der Waals surface area contributed by atoms with Gasteiger partial charge in [0.2, 0.25) is 0 Å². The highest BCUT2D eigenvalue weighted by atomic mass is 16.2. The number of benzene rings is 1. The lowest BCUT2D eigenvalue weighted by Crippen LogP contribution is -2.28. The highest BCUT2D eigenvalue weighted by Gasteiger charge is 2.23. The van der Waals surface area contributed by atoms with E-state index in [1.807, 2.05) is 37.4 Å². The second kappa shape index (κ2) is 7.88. The first-order valence-electron chi connectivity index (χ1n) is 9.76. The molecule has 0 atom stereocenters. The number of nitrogens with zero attached hydrogens (tertiary/aromatic N) is 3. The minimum absolute atomic E-state index is 0.0924. The van der Waals surface area contributed by atoms with Crippen LogP contribution in [0.25, 0.3) is 0 Å². The van der Waals surface area contributed by atoms with Crippen molar-refractivity contribution in [3.8, 4) is 0 Å². The van der Waals surface area contributed by atoms with Crippen LogP contribution in [0.15, 0.2) is 36.5 Å². The van der Waals surface area contributed by atoms with Gasteiger partial charge in [-0.1, -0.05) is 6.07 Å². The molecule has 28 heavy (non-hydrogen) atoms. The van der Waals surface area contributed by atoms with Gasteiger partial charge in [0.15, 0.2) is 0 Å². The first-order valence-corrected chi connectivity index (χ1v) is 9.76. The average molecular weight is 379 g/mol. The summed E-state index contributed by atoms with van der Waals surface area (Å²) >= 11 is 0. The van der Waals surface area contributed by atoms with E-state index in [0.29, 0.717) is 25.2 Å². The van der Waals surface area contributed by atoms with Crippen molar-refractivity contribution in [2.75, 3.05) is 36.0 Å². The van der Waals surface area contributed by atoms with Gasteiger partial charge in [0.25, 0.3) is 5.91 Å². The summed E-state index contributed by atoms with van der Waals surface area (Å²) in [5.74, 6) is 0.869. The number of carbonyl (C=O) groups excluding carboxylic acids is 2. The smallest absolute Gasteiger partial charge is 0.322 e. The van der Waals surface area contributed by atoms with Crippen LogP contribution in [0, 0.1) is 6.92 Å². The van der Waals surface area contributed by atoms with Crippen LogP contribution in [-0.4, -0.2) is 43.1 Å². The van der Waals surface area contributed by atoms with E-state index in [0.717, 1.165) is 35.7 Å². The average Bonchev–Trinajstić information content (AvgIpc) is 3.38. The maximum absolute atomic E-state index is 12.5. The zero-order valence-corrected chi connectivity index (χ0v) is 16.1. The molecule has 0 saturated carbocycles. The van der Waals surface area contributed by atoms with E-state index in [2.05, 4.69) is 20.5 Å². The van der Waals surface area contributed by atoms with Gasteiger partial charge in [-0.2, -0.15) is 0 Å². The zero-order valence-electron chi connectivity index (χ0n) is 16.1. The Morgan fingerprint density at radius 2 is 2.00 bits per heavy atom. The highest BCUT2D eigenvalue weighted by molar-refractivity contribution is 5.97. The zero-order chi connectivity index (χ0) is 19.5. The Labute approximate surface area is 164 Å². The minimum atomic E-state index is -0.135. The Hall–Kier alpha value is -3.09. The number of nitrogens with one attached hydrogen (secondary N) is 2. The minimum Gasteiger partial charge on any atom is -0.357 e. The summed E-state index contributed by atoms with van der Waals surface area (Å²) in [6, 6.07) is 9.36. The fourth-order valence-electron chi connectivity index (χ4n) is 3.74. The molecule has 3 heterocycles. The molecule has 2 aromatic rings. The Kier molecular flexibility index (Phi) is 5.14. The molecule has 2 saturated heterocycles. The van der Waals surface area contributed by atoms with Gasteiger partial charge in [-0.15, -0.1) is 0 Å². The molecular weight excluding hydrogens is 354 g/mol. The number of hydrogen-bond donors (Lipinski definition) is 2. The predicted octanol–water partition coefficient (Wildman–Crippen LogP) is 2.45. The SMILES string of the molecule is Cc1cc(C(=O)NCc2ccc(N3CCCC3)nc2)ccc1N1CCNC1=O. The normalized spacial score (nSPS) is 16.4. The van der Waals surface area contributed by atoms with Gasteiger partial charge in [0.1, 0.15) is 5.82 Å². The van der Waals surface area contributed by atoms with E-state index >= 15 is 0 Å². The van der Waals surface area contributed by atoms with Crippen LogP contribution >= 0.6 is 0 Å². The van der Waals surface area contributed by atoms with Crippen molar-refractivity contribution in [1.29, 1.82) is 0 Å². The number of amides is 3. The van der Waals surface area contributed by atoms with Gasteiger partial charge >= 0.3 is 6.03 Å². The summed E-state index contributed by atoms with van der Waals surface area (Å²) in [6.07, 6.45) is 4.27. The molecular formula is C21H25N5O2. The molecule has 1 aromatic heterocycles. The molecule has 1 aromatic carbocycles. The second-order valence-electron chi connectivity index (χ2n) is 7.29. The lowest BCUT2D eigenvalue weighted by molar-refractivity contribution is 0.0951. The lowest BCUT2D eigenvalue weighted by Gasteiger charge is -2.18. The largest absolute Gasteiger partial charge is 0.357 e. The summed E-state index contributed by atoms with van der Waals surface area (Å²) in [6.45, 7) is 5.77. The molecule has 0 unspecified atom stereocenters. The van der Waals surface area contributed by atoms with Gasteiger partial charge in [-0.25, -0.2) is 9.78 Å². The fourth-order valence-corrected chi connectivity index (χ4v) is 3.74. The molecule has 0 bridgehead atoms. The number of pyridine rings is 1. The van der Waals surface area contributed by atoms with E-state index < -0.39 is 0 Å². The van der Waals surface area contributed by atoms with Crippen LogP contribution in [0.1, 0.15) is 34.3 Å². The molecule has 0 aliphatic carbocycles. The van der Waals surface area contributed by atoms with Gasteiger partial charge in [0, 0.05) is 50.2 Å². The third-order valence-corrected chi connectivity index (χ3v) is 5.30. The maximum atomic E-state index is 12.5. The molecule has 7 heteroatoms. The standard InChI is InChI=1S/C21H25N5O2/c1-15-12-17(5-6-18(15)26-11-8-22-21(26)28)20(27)24-14-16-4-7-19(23-13-16)25-9-2-3-10-25/h4-7,12-13H,2-3,8-11,14H2,1H3,(H,22,28)(H,24,27). The van der Waals surface area contributed by atoms with Crippen molar-refractivity contribution >= 4 is 23.4 Å². The number of carbonyl (C=O) groups is 2. The Morgan fingerprint density at radius 3 is 2.64 bits per heavy atom. The predicted molar refractivity (Wildman–Crippen MR) is 109 cm³/mol. The van der Waals surface area contributed by atoms with Crippen LogP contribution in [0.4, 0.5) is 16.3 Å². The number of aryl methyl sites for hydroxylation is 1. The van der Waals surface area contributed by atoms with E-state index in [4.69, 9.17) is 0 Å². The molecule has 0 radical (unpaired) electrons. The van der Waals surface area contributed by atoms with Crippen LogP contribution < -0.4 is 20.4 Å². The Bertz CT molecular complexity index is 875. The van der Waals surface area contributed by atoms with E-state index in [1.165, 1.54) is 12.8 Å². The van der Waals surface area contributed by atoms with Crippen molar-refractivity contribution in [3.63, 3.8) is 0 Å². The van der Waals surface area contributed by atoms with E-state index in [9.17, 15) is 9.59 Å². The topological polar surface area (TPSA) is 77.6 Å². The molecule has 2 aliphatic heterocycles. The monoisotopic (exact) mass is 379 g/mol. The summed E-state index contributed by atoms with van der Waals surface area (Å²) in [5.41, 5.74) is 3.30. The summed E-state index contributed by atoms with van der Waals surface area (Å²) < 4.78 is 0. The number of urea groups is 1. The third-order valence-electron chi connectivity index (χ3n) is 5.30. The number of hydrogen-bond acceptors (Lipinski definition) is 4. The van der Waals surface area contributed by atoms with Crippen molar-refractivity contribution in [1.82, 2.24) is 15.6 Å². The fraction of sp³-hybridized carbons (Fsp3) is 0.381. The quantitative estimate of drug-likeness (QED) is 0.837. The second-order valence-corrected chi connectivity index (χ2v) is 7.29. The highest BCUT2D eigenvalue weighted by Crippen LogP contribution is 2.23. The van der Waals surface area contributed by atoms with Gasteiger partial charge in [-0.05, 0) is 55.2 Å². The summed E-state index contributed by atoms with van der Waals surface area (Å²) in [7, 11) is 0. The molecule has 4 rings (SSSR count). The van der Waals surface area contributed by atoms with Crippen LogP contribution in [0.3, 0.4) is 0 Å². The molecule has 2 fully saturated rings. The van der Waals surface area contributed by atoms with Crippen LogP contribution in [0.2, 0.25) is 0 Å². The third kappa shape index (κ3) is 3.78. The van der Waals surface area contributed by atoms with Gasteiger partial charge in [0.05, 0.1) is 0 Å². The molecule has 0 spiro atoms. The van der Waals surface area contributed by atoms with Crippen LogP contribution in [0.5, 0.6) is 0 Å². The van der Waals surface area contributed by atoms with Crippen molar-refractivity contribution < 1.29 is 9.59 Å².